The van der Waals surface area contributed by atoms with Crippen molar-refractivity contribution in [3.63, 3.8) is 0 Å². The highest BCUT2D eigenvalue weighted by atomic mass is 32.1. The van der Waals surface area contributed by atoms with Crippen LogP contribution in [0.1, 0.15) is 11.1 Å². The van der Waals surface area contributed by atoms with Crippen LogP contribution in [-0.4, -0.2) is 27.9 Å². The van der Waals surface area contributed by atoms with Crippen LogP contribution in [0.4, 0.5) is 0 Å². The molecule has 22 heavy (non-hydrogen) atoms. The van der Waals surface area contributed by atoms with Crippen molar-refractivity contribution in [2.24, 2.45) is 9.32 Å². The summed E-state index contributed by atoms with van der Waals surface area (Å²) in [5.41, 5.74) is 4.58. The van der Waals surface area contributed by atoms with Crippen LogP contribution in [0, 0.1) is 0 Å². The second-order valence-electron chi connectivity index (χ2n) is 7.29. The summed E-state index contributed by atoms with van der Waals surface area (Å²) in [5.74, 6) is 0. The van der Waals surface area contributed by atoms with Crippen LogP contribution in [0.5, 0.6) is 0 Å². The Kier molecular flexibility index (Phi) is 5.37. The summed E-state index contributed by atoms with van der Waals surface area (Å²) in [6.45, 7) is 13.7. The molecule has 0 amide bonds. The van der Waals surface area contributed by atoms with Crippen LogP contribution in [-0.2, 0) is 0 Å². The number of rotatable bonds is 5. The van der Waals surface area contributed by atoms with Gasteiger partial charge in [0.25, 0.3) is 0 Å². The normalized spacial score (nSPS) is 14.5. The van der Waals surface area contributed by atoms with Gasteiger partial charge < -0.3 is 9.32 Å². The first-order chi connectivity index (χ1) is 10.2. The lowest BCUT2D eigenvalue weighted by Gasteiger charge is -2.19. The molecule has 2 aromatic heterocycles. The van der Waals surface area contributed by atoms with Crippen LogP contribution in [0.2, 0.25) is 39.3 Å². The third kappa shape index (κ3) is 5.12. The summed E-state index contributed by atoms with van der Waals surface area (Å²) in [4.78, 5) is 0. The summed E-state index contributed by atoms with van der Waals surface area (Å²) in [7, 11) is -3.19. The van der Waals surface area contributed by atoms with Crippen molar-refractivity contribution in [3.8, 4) is 0 Å². The largest absolute Gasteiger partial charge is 0.319 e. The zero-order chi connectivity index (χ0) is 16.4. The van der Waals surface area contributed by atoms with Gasteiger partial charge in [0.15, 0.2) is 16.5 Å². The molecule has 0 saturated heterocycles. The van der Waals surface area contributed by atoms with Gasteiger partial charge in [-0.1, -0.05) is 0 Å². The van der Waals surface area contributed by atoms with Crippen LogP contribution < -0.4 is 0 Å². The Morgan fingerprint density at radius 3 is 1.32 bits per heavy atom. The lowest BCUT2D eigenvalue weighted by Crippen LogP contribution is -2.29. The monoisotopic (exact) mass is 364 g/mol. The van der Waals surface area contributed by atoms with E-state index in [1.54, 1.807) is 22.7 Å². The second kappa shape index (κ2) is 6.74. The summed E-state index contributed by atoms with van der Waals surface area (Å²) in [5, 5.41) is 8.61. The lowest BCUT2D eigenvalue weighted by molar-refractivity contribution is 1.52. The summed E-state index contributed by atoms with van der Waals surface area (Å²) in [6.07, 6.45) is 0. The molecule has 0 N–H and O–H groups in total. The van der Waals surface area contributed by atoms with E-state index in [0.717, 1.165) is 11.4 Å². The third-order valence-electron chi connectivity index (χ3n) is 2.71. The van der Waals surface area contributed by atoms with Gasteiger partial charge in [0.05, 0.1) is 11.4 Å². The van der Waals surface area contributed by atoms with Crippen molar-refractivity contribution in [2.75, 3.05) is 0 Å². The summed E-state index contributed by atoms with van der Waals surface area (Å²) < 4.78 is 10.3. The minimum absolute atomic E-state index is 1.08. The van der Waals surface area contributed by atoms with E-state index in [9.17, 15) is 0 Å². The Bertz CT molecular complexity index is 598. The van der Waals surface area contributed by atoms with E-state index in [1.165, 1.54) is 11.1 Å². The number of hydrogen-bond donors (Lipinski definition) is 0. The van der Waals surface area contributed by atoms with Crippen molar-refractivity contribution >= 4 is 50.6 Å². The minimum Gasteiger partial charge on any atom is -0.319 e. The fourth-order valence-corrected chi connectivity index (χ4v) is 5.07. The van der Waals surface area contributed by atoms with E-state index < -0.39 is 16.5 Å². The van der Waals surface area contributed by atoms with E-state index in [2.05, 4.69) is 72.9 Å². The molecule has 0 aliphatic carbocycles. The van der Waals surface area contributed by atoms with E-state index in [4.69, 9.17) is 9.32 Å². The van der Waals surface area contributed by atoms with Crippen LogP contribution in [0.3, 0.4) is 0 Å². The van der Waals surface area contributed by atoms with Crippen molar-refractivity contribution in [1.29, 1.82) is 0 Å². The maximum Gasteiger partial charge on any atom is 0.173 e. The van der Waals surface area contributed by atoms with E-state index in [-0.39, 0.29) is 0 Å². The molecule has 0 saturated carbocycles. The van der Waals surface area contributed by atoms with Crippen LogP contribution in [0.15, 0.2) is 43.0 Å². The van der Waals surface area contributed by atoms with Gasteiger partial charge >= 0.3 is 0 Å². The molecule has 6 heteroatoms. The van der Waals surface area contributed by atoms with Gasteiger partial charge in [0.1, 0.15) is 0 Å². The Balaban J connectivity index is 2.65. The smallest absolute Gasteiger partial charge is 0.173 e. The lowest BCUT2D eigenvalue weighted by atomic mass is 10.1. The van der Waals surface area contributed by atoms with Gasteiger partial charge in [-0.3, -0.25) is 0 Å². The Labute approximate surface area is 143 Å². The molecule has 0 spiro atoms. The Morgan fingerprint density at radius 1 is 0.727 bits per heavy atom. The van der Waals surface area contributed by atoms with E-state index in [0.29, 0.717) is 0 Å². The first-order valence-corrected chi connectivity index (χ1v) is 16.2. The Morgan fingerprint density at radius 2 is 1.09 bits per heavy atom. The summed E-state index contributed by atoms with van der Waals surface area (Å²) in [6, 6.07) is 4.32. The van der Waals surface area contributed by atoms with Gasteiger partial charge in [-0.2, -0.15) is 22.7 Å². The topological polar surface area (TPSA) is 24.7 Å². The van der Waals surface area contributed by atoms with Crippen molar-refractivity contribution in [3.05, 3.63) is 44.8 Å². The molecule has 0 aliphatic rings. The second-order valence-corrected chi connectivity index (χ2v) is 18.0. The third-order valence-corrected chi connectivity index (χ3v) is 5.86. The molecule has 0 bridgehead atoms. The molecule has 0 radical (unpaired) electrons. The predicted octanol–water partition coefficient (Wildman–Crippen LogP) is 5.76. The van der Waals surface area contributed by atoms with Crippen LogP contribution >= 0.6 is 22.7 Å². The fraction of sp³-hybridized carbons (Fsp3) is 0.375. The quantitative estimate of drug-likeness (QED) is 0.476. The number of nitrogens with zero attached hydrogens (tertiary/aromatic N) is 2. The molecule has 0 unspecified atom stereocenters. The zero-order valence-electron chi connectivity index (χ0n) is 14.2. The highest BCUT2D eigenvalue weighted by molar-refractivity contribution is 7.08. The molecule has 0 atom stereocenters. The minimum atomic E-state index is -1.60. The first-order valence-electron chi connectivity index (χ1n) is 7.41. The van der Waals surface area contributed by atoms with Gasteiger partial charge in [-0.15, -0.1) is 0 Å². The van der Waals surface area contributed by atoms with Gasteiger partial charge in [0, 0.05) is 21.9 Å². The highest BCUT2D eigenvalue weighted by Crippen LogP contribution is 2.19. The Hall–Kier alpha value is -0.826. The zero-order valence-corrected chi connectivity index (χ0v) is 17.8. The predicted molar refractivity (Wildman–Crippen MR) is 108 cm³/mol. The average molecular weight is 365 g/mol. The maximum atomic E-state index is 5.15. The molecule has 0 aromatic carbocycles. The van der Waals surface area contributed by atoms with Crippen LogP contribution in [0.25, 0.3) is 0 Å². The van der Waals surface area contributed by atoms with Crippen molar-refractivity contribution < 1.29 is 0 Å². The molecular formula is C16H24N2S2Si2. The number of hydrogen-bond acceptors (Lipinski definition) is 4. The molecule has 2 aromatic rings. The molecule has 118 valence electrons. The van der Waals surface area contributed by atoms with Crippen molar-refractivity contribution in [1.82, 2.24) is 0 Å². The van der Waals surface area contributed by atoms with E-state index in [1.807, 2.05) is 0 Å². The molecule has 0 fully saturated rings. The van der Waals surface area contributed by atoms with E-state index >= 15 is 0 Å². The SMILES string of the molecule is C[Si](C)(C)/N=C(/C(=N/[Si](C)(C)C)c1ccsc1)c1ccsc1. The molecule has 2 heterocycles. The van der Waals surface area contributed by atoms with Crippen molar-refractivity contribution in [2.45, 2.75) is 39.3 Å². The molecule has 2 nitrogen and oxygen atoms in total. The fourth-order valence-electron chi connectivity index (χ4n) is 1.98. The molecule has 0 aliphatic heterocycles. The average Bonchev–Trinajstić information content (AvgIpc) is 3.03. The maximum absolute atomic E-state index is 5.15. The standard InChI is InChI=1S/C16H24N2S2Si2/c1-21(2,3)17-15(13-7-9-19-11-13)16(18-22(4,5)6)14-8-10-20-12-14/h7-12H,1-6H3/b17-15+,18-16+. The highest BCUT2D eigenvalue weighted by Gasteiger charge is 2.23. The molecule has 2 rings (SSSR count). The molecular weight excluding hydrogens is 340 g/mol. The van der Waals surface area contributed by atoms with Gasteiger partial charge in [-0.25, -0.2) is 0 Å². The number of thiophene rings is 2. The first kappa shape index (κ1) is 17.5. The van der Waals surface area contributed by atoms with Gasteiger partial charge in [0.2, 0.25) is 0 Å². The van der Waals surface area contributed by atoms with Gasteiger partial charge in [-0.05, 0) is 62.2 Å². The summed E-state index contributed by atoms with van der Waals surface area (Å²) >= 11 is 3.44.